The Bertz CT molecular complexity index is 307. The van der Waals surface area contributed by atoms with Gasteiger partial charge in [0.25, 0.3) is 0 Å². The van der Waals surface area contributed by atoms with Crippen molar-refractivity contribution in [3.05, 3.63) is 22.8 Å². The van der Waals surface area contributed by atoms with Crippen LogP contribution in [0.15, 0.2) is 0 Å². The summed E-state index contributed by atoms with van der Waals surface area (Å²) in [4.78, 5) is 8.76. The zero-order chi connectivity index (χ0) is 8.55. The Balaban J connectivity index is 2.53. The fourth-order valence-electron chi connectivity index (χ4n) is 1.66. The minimum absolute atomic E-state index is 0.896. The Hall–Kier alpha value is -0.960. The topological polar surface area (TPSA) is 37.8 Å². The van der Waals surface area contributed by atoms with Gasteiger partial charge in [0.1, 0.15) is 5.82 Å². The molecule has 3 nitrogen and oxygen atoms in total. The summed E-state index contributed by atoms with van der Waals surface area (Å²) in [5.41, 5.74) is 3.66. The largest absolute Gasteiger partial charge is 0.312 e. The van der Waals surface area contributed by atoms with Gasteiger partial charge in [0.2, 0.25) is 0 Å². The SMILES string of the molecule is Cc1nc(C)c2c(n1)CCNC2. The summed E-state index contributed by atoms with van der Waals surface area (Å²) >= 11 is 0. The fraction of sp³-hybridized carbons (Fsp3) is 0.556. The van der Waals surface area contributed by atoms with Crippen molar-refractivity contribution in [2.24, 2.45) is 0 Å². The second kappa shape index (κ2) is 2.83. The second-order valence-electron chi connectivity index (χ2n) is 3.21. The molecular formula is C9H13N3. The molecule has 0 unspecified atom stereocenters. The van der Waals surface area contributed by atoms with Crippen LogP contribution in [0.25, 0.3) is 0 Å². The molecule has 1 aliphatic rings. The van der Waals surface area contributed by atoms with Gasteiger partial charge in [-0.2, -0.15) is 0 Å². The molecule has 0 aromatic carbocycles. The van der Waals surface area contributed by atoms with Crippen LogP contribution in [0.2, 0.25) is 0 Å². The van der Waals surface area contributed by atoms with Gasteiger partial charge in [0.15, 0.2) is 0 Å². The standard InChI is InChI=1S/C9H13N3/c1-6-8-5-10-4-3-9(8)12-7(2)11-6/h10H,3-5H2,1-2H3. The first kappa shape index (κ1) is 7.68. The summed E-state index contributed by atoms with van der Waals surface area (Å²) in [6, 6.07) is 0. The number of hydrogen-bond donors (Lipinski definition) is 1. The highest BCUT2D eigenvalue weighted by Crippen LogP contribution is 2.13. The van der Waals surface area contributed by atoms with Gasteiger partial charge in [-0.15, -0.1) is 0 Å². The molecule has 0 saturated carbocycles. The predicted octanol–water partition coefficient (Wildman–Crippen LogP) is 0.739. The molecule has 0 bridgehead atoms. The van der Waals surface area contributed by atoms with E-state index in [9.17, 15) is 0 Å². The van der Waals surface area contributed by atoms with Crippen molar-refractivity contribution >= 4 is 0 Å². The predicted molar refractivity (Wildman–Crippen MR) is 46.9 cm³/mol. The van der Waals surface area contributed by atoms with E-state index in [2.05, 4.69) is 22.2 Å². The van der Waals surface area contributed by atoms with Crippen LogP contribution in [-0.4, -0.2) is 16.5 Å². The number of rotatable bonds is 0. The second-order valence-corrected chi connectivity index (χ2v) is 3.21. The van der Waals surface area contributed by atoms with Crippen molar-refractivity contribution in [2.75, 3.05) is 6.54 Å². The molecule has 1 aliphatic heterocycles. The molecule has 1 aromatic heterocycles. The van der Waals surface area contributed by atoms with Gasteiger partial charge in [-0.3, -0.25) is 0 Å². The Kier molecular flexibility index (Phi) is 1.81. The van der Waals surface area contributed by atoms with Gasteiger partial charge in [0.05, 0.1) is 5.69 Å². The number of hydrogen-bond acceptors (Lipinski definition) is 3. The molecule has 1 aromatic rings. The molecule has 0 radical (unpaired) electrons. The maximum atomic E-state index is 4.42. The summed E-state index contributed by atoms with van der Waals surface area (Å²) in [6.45, 7) is 5.99. The Morgan fingerprint density at radius 3 is 2.92 bits per heavy atom. The number of aryl methyl sites for hydroxylation is 2. The molecule has 0 fully saturated rings. The molecule has 0 spiro atoms. The first-order valence-electron chi connectivity index (χ1n) is 4.31. The minimum atomic E-state index is 0.896. The molecule has 3 heteroatoms. The lowest BCUT2D eigenvalue weighted by atomic mass is 10.1. The van der Waals surface area contributed by atoms with E-state index in [0.29, 0.717) is 0 Å². The molecule has 0 aliphatic carbocycles. The average Bonchev–Trinajstić information content (AvgIpc) is 2.04. The highest BCUT2D eigenvalue weighted by molar-refractivity contribution is 5.26. The molecule has 2 rings (SSSR count). The van der Waals surface area contributed by atoms with Crippen molar-refractivity contribution in [3.8, 4) is 0 Å². The van der Waals surface area contributed by atoms with Crippen LogP contribution in [-0.2, 0) is 13.0 Å². The minimum Gasteiger partial charge on any atom is -0.312 e. The maximum Gasteiger partial charge on any atom is 0.125 e. The lowest BCUT2D eigenvalue weighted by Gasteiger charge is -2.17. The molecule has 0 atom stereocenters. The number of nitrogens with one attached hydrogen (secondary N) is 1. The van der Waals surface area contributed by atoms with Crippen LogP contribution >= 0.6 is 0 Å². The lowest BCUT2D eigenvalue weighted by Crippen LogP contribution is -2.26. The summed E-state index contributed by atoms with van der Waals surface area (Å²) in [5.74, 6) is 0.896. The number of fused-ring (bicyclic) bond motifs is 1. The van der Waals surface area contributed by atoms with E-state index in [1.54, 1.807) is 0 Å². The van der Waals surface area contributed by atoms with Gasteiger partial charge in [0, 0.05) is 30.8 Å². The first-order valence-corrected chi connectivity index (χ1v) is 4.31. The summed E-state index contributed by atoms with van der Waals surface area (Å²) in [7, 11) is 0. The van der Waals surface area contributed by atoms with Crippen molar-refractivity contribution in [1.82, 2.24) is 15.3 Å². The lowest BCUT2D eigenvalue weighted by molar-refractivity contribution is 0.617. The third-order valence-electron chi connectivity index (χ3n) is 2.25. The first-order chi connectivity index (χ1) is 5.77. The van der Waals surface area contributed by atoms with Crippen molar-refractivity contribution in [2.45, 2.75) is 26.8 Å². The van der Waals surface area contributed by atoms with Gasteiger partial charge >= 0.3 is 0 Å². The Labute approximate surface area is 72.2 Å². The zero-order valence-corrected chi connectivity index (χ0v) is 7.52. The molecule has 64 valence electrons. The summed E-state index contributed by atoms with van der Waals surface area (Å²) in [5, 5.41) is 3.32. The zero-order valence-electron chi connectivity index (χ0n) is 7.52. The Morgan fingerprint density at radius 2 is 2.08 bits per heavy atom. The molecule has 0 saturated heterocycles. The van der Waals surface area contributed by atoms with Gasteiger partial charge < -0.3 is 5.32 Å². The van der Waals surface area contributed by atoms with Gasteiger partial charge in [-0.05, 0) is 13.8 Å². The molecular weight excluding hydrogens is 150 g/mol. The van der Waals surface area contributed by atoms with E-state index in [1.165, 1.54) is 11.3 Å². The van der Waals surface area contributed by atoms with E-state index < -0.39 is 0 Å². The highest BCUT2D eigenvalue weighted by Gasteiger charge is 2.13. The van der Waals surface area contributed by atoms with Crippen molar-refractivity contribution in [3.63, 3.8) is 0 Å². The smallest absolute Gasteiger partial charge is 0.125 e. The monoisotopic (exact) mass is 163 g/mol. The molecule has 12 heavy (non-hydrogen) atoms. The van der Waals surface area contributed by atoms with E-state index in [1.807, 2.05) is 6.92 Å². The van der Waals surface area contributed by atoms with Gasteiger partial charge in [-0.1, -0.05) is 0 Å². The molecule has 1 N–H and O–H groups in total. The number of nitrogens with zero attached hydrogens (tertiary/aromatic N) is 2. The van der Waals surface area contributed by atoms with Crippen LogP contribution in [0, 0.1) is 13.8 Å². The molecule has 2 heterocycles. The number of aromatic nitrogens is 2. The third kappa shape index (κ3) is 1.20. The van der Waals surface area contributed by atoms with Crippen molar-refractivity contribution in [1.29, 1.82) is 0 Å². The Morgan fingerprint density at radius 1 is 1.25 bits per heavy atom. The van der Waals surface area contributed by atoms with Crippen LogP contribution in [0.3, 0.4) is 0 Å². The molecule has 0 amide bonds. The summed E-state index contributed by atoms with van der Waals surface area (Å²) in [6.07, 6.45) is 1.04. The van der Waals surface area contributed by atoms with Crippen LogP contribution in [0.1, 0.15) is 22.8 Å². The van der Waals surface area contributed by atoms with Crippen LogP contribution < -0.4 is 5.32 Å². The highest BCUT2D eigenvalue weighted by atomic mass is 14.9. The third-order valence-corrected chi connectivity index (χ3v) is 2.25. The summed E-state index contributed by atoms with van der Waals surface area (Å²) < 4.78 is 0. The normalized spacial score (nSPS) is 15.8. The maximum absolute atomic E-state index is 4.42. The van der Waals surface area contributed by atoms with Gasteiger partial charge in [-0.25, -0.2) is 9.97 Å². The van der Waals surface area contributed by atoms with Crippen molar-refractivity contribution < 1.29 is 0 Å². The fourth-order valence-corrected chi connectivity index (χ4v) is 1.66. The van der Waals surface area contributed by atoms with E-state index >= 15 is 0 Å². The van der Waals surface area contributed by atoms with E-state index in [0.717, 1.165) is 31.0 Å². The quantitative estimate of drug-likeness (QED) is 0.613. The van der Waals surface area contributed by atoms with E-state index in [4.69, 9.17) is 0 Å². The average molecular weight is 163 g/mol. The van der Waals surface area contributed by atoms with Crippen LogP contribution in [0.5, 0.6) is 0 Å². The van der Waals surface area contributed by atoms with Crippen LogP contribution in [0.4, 0.5) is 0 Å². The van der Waals surface area contributed by atoms with E-state index in [-0.39, 0.29) is 0 Å².